The first-order chi connectivity index (χ1) is 9.75. The molecule has 2 heterocycles. The summed E-state index contributed by atoms with van der Waals surface area (Å²) in [6.07, 6.45) is 1.31. The molecule has 0 aliphatic rings. The molecule has 20 heavy (non-hydrogen) atoms. The Kier molecular flexibility index (Phi) is 3.00. The molecule has 2 N–H and O–H groups in total. The number of H-pyrrole nitrogens is 1. The van der Waals surface area contributed by atoms with Crippen LogP contribution in [0.25, 0.3) is 11.3 Å². The monoisotopic (exact) mass is 269 g/mol. The largest absolute Gasteiger partial charge is 0.360 e. The second-order valence-corrected chi connectivity index (χ2v) is 4.12. The third-order valence-electron chi connectivity index (χ3n) is 2.78. The van der Waals surface area contributed by atoms with Gasteiger partial charge in [-0.25, -0.2) is 5.10 Å². The van der Waals surface area contributed by atoms with E-state index >= 15 is 0 Å². The van der Waals surface area contributed by atoms with Crippen molar-refractivity contribution in [1.29, 1.82) is 0 Å². The molecule has 0 spiro atoms. The van der Waals surface area contributed by atoms with E-state index < -0.39 is 0 Å². The highest BCUT2D eigenvalue weighted by atomic mass is 16.5. The van der Waals surface area contributed by atoms with Crippen LogP contribution in [0.4, 0.5) is 5.95 Å². The van der Waals surface area contributed by atoms with Crippen LogP contribution in [-0.4, -0.2) is 26.2 Å². The first-order valence-electron chi connectivity index (χ1n) is 5.94. The topological polar surface area (TPSA) is 96.7 Å². The molecule has 0 fully saturated rings. The first kappa shape index (κ1) is 12.1. The fourth-order valence-electron chi connectivity index (χ4n) is 1.87. The number of aromatic nitrogens is 4. The fourth-order valence-corrected chi connectivity index (χ4v) is 1.87. The molecule has 0 atom stereocenters. The van der Waals surface area contributed by atoms with Crippen molar-refractivity contribution < 1.29 is 9.32 Å². The Morgan fingerprint density at radius 3 is 2.80 bits per heavy atom. The maximum absolute atomic E-state index is 12.3. The van der Waals surface area contributed by atoms with E-state index in [1.807, 2.05) is 30.3 Å². The van der Waals surface area contributed by atoms with E-state index in [2.05, 4.69) is 25.7 Å². The molecule has 100 valence electrons. The van der Waals surface area contributed by atoms with Crippen molar-refractivity contribution in [2.75, 3.05) is 5.32 Å². The average molecular weight is 269 g/mol. The molecule has 0 bridgehead atoms. The standard InChI is InChI=1S/C13H11N5O2/c1-8-10(12(19)16-13-14-7-15-17-13)11(18-20-8)9-5-3-2-4-6-9/h2-7H,1H3,(H2,14,15,16,17,19). The van der Waals surface area contributed by atoms with Crippen molar-refractivity contribution in [3.05, 3.63) is 48.0 Å². The summed E-state index contributed by atoms with van der Waals surface area (Å²) in [7, 11) is 0. The summed E-state index contributed by atoms with van der Waals surface area (Å²) in [5, 5.41) is 12.8. The van der Waals surface area contributed by atoms with Gasteiger partial charge >= 0.3 is 0 Å². The maximum Gasteiger partial charge on any atom is 0.263 e. The molecule has 3 aromatic rings. The van der Waals surface area contributed by atoms with Gasteiger partial charge in [0.2, 0.25) is 5.95 Å². The number of nitrogens with one attached hydrogen (secondary N) is 2. The van der Waals surface area contributed by atoms with E-state index in [0.717, 1.165) is 5.56 Å². The Labute approximate surface area is 114 Å². The smallest absolute Gasteiger partial charge is 0.263 e. The third kappa shape index (κ3) is 2.16. The van der Waals surface area contributed by atoms with E-state index in [-0.39, 0.29) is 11.9 Å². The SMILES string of the molecule is Cc1onc(-c2ccccc2)c1C(=O)Nc1ncn[nH]1. The normalized spacial score (nSPS) is 10.4. The van der Waals surface area contributed by atoms with Crippen molar-refractivity contribution in [1.82, 2.24) is 20.3 Å². The van der Waals surface area contributed by atoms with Crippen molar-refractivity contribution in [3.8, 4) is 11.3 Å². The summed E-state index contributed by atoms with van der Waals surface area (Å²) in [5.74, 6) is 0.370. The first-order valence-corrected chi connectivity index (χ1v) is 5.94. The van der Waals surface area contributed by atoms with Crippen molar-refractivity contribution in [2.45, 2.75) is 6.92 Å². The lowest BCUT2D eigenvalue weighted by atomic mass is 10.1. The summed E-state index contributed by atoms with van der Waals surface area (Å²) in [5.41, 5.74) is 1.69. The second kappa shape index (κ2) is 4.96. The fraction of sp³-hybridized carbons (Fsp3) is 0.0769. The highest BCUT2D eigenvalue weighted by molar-refractivity contribution is 6.08. The van der Waals surface area contributed by atoms with Gasteiger partial charge < -0.3 is 4.52 Å². The van der Waals surface area contributed by atoms with Gasteiger partial charge in [-0.3, -0.25) is 10.1 Å². The minimum absolute atomic E-state index is 0.273. The molecular weight excluding hydrogens is 258 g/mol. The molecular formula is C13H11N5O2. The zero-order chi connectivity index (χ0) is 13.9. The van der Waals surface area contributed by atoms with Gasteiger partial charge in [-0.1, -0.05) is 35.5 Å². The molecule has 0 saturated heterocycles. The van der Waals surface area contributed by atoms with Gasteiger partial charge in [-0.2, -0.15) is 10.1 Å². The number of carbonyl (C=O) groups excluding carboxylic acids is 1. The Bertz CT molecular complexity index is 719. The second-order valence-electron chi connectivity index (χ2n) is 4.12. The van der Waals surface area contributed by atoms with Crippen LogP contribution in [0.5, 0.6) is 0 Å². The number of aromatic amines is 1. The lowest BCUT2D eigenvalue weighted by Crippen LogP contribution is -2.14. The van der Waals surface area contributed by atoms with Crippen LogP contribution in [0.1, 0.15) is 16.1 Å². The lowest BCUT2D eigenvalue weighted by molar-refractivity contribution is 0.102. The summed E-state index contributed by atoms with van der Waals surface area (Å²) in [6, 6.07) is 9.37. The Hall–Kier alpha value is -2.96. The highest BCUT2D eigenvalue weighted by Gasteiger charge is 2.22. The number of rotatable bonds is 3. The summed E-state index contributed by atoms with van der Waals surface area (Å²) in [6.45, 7) is 1.69. The Morgan fingerprint density at radius 1 is 1.30 bits per heavy atom. The summed E-state index contributed by atoms with van der Waals surface area (Å²) in [4.78, 5) is 16.1. The third-order valence-corrected chi connectivity index (χ3v) is 2.78. The predicted molar refractivity (Wildman–Crippen MR) is 71.0 cm³/mol. The van der Waals surface area contributed by atoms with Crippen molar-refractivity contribution >= 4 is 11.9 Å². The lowest BCUT2D eigenvalue weighted by Gasteiger charge is -2.02. The molecule has 0 aliphatic carbocycles. The molecule has 0 radical (unpaired) electrons. The van der Waals surface area contributed by atoms with Crippen LogP contribution in [0, 0.1) is 6.92 Å². The van der Waals surface area contributed by atoms with Gasteiger partial charge in [0.25, 0.3) is 5.91 Å². The van der Waals surface area contributed by atoms with E-state index in [1.165, 1.54) is 6.33 Å². The molecule has 0 aliphatic heterocycles. The maximum atomic E-state index is 12.3. The van der Waals surface area contributed by atoms with Gasteiger partial charge in [0.05, 0.1) is 0 Å². The van der Waals surface area contributed by atoms with Gasteiger partial charge in [0.15, 0.2) is 0 Å². The molecule has 7 heteroatoms. The van der Waals surface area contributed by atoms with Crippen LogP contribution in [0.15, 0.2) is 41.2 Å². The number of amides is 1. The van der Waals surface area contributed by atoms with Crippen LogP contribution in [-0.2, 0) is 0 Å². The van der Waals surface area contributed by atoms with Crippen LogP contribution >= 0.6 is 0 Å². The van der Waals surface area contributed by atoms with Gasteiger partial charge in [-0.05, 0) is 6.92 Å². The minimum Gasteiger partial charge on any atom is -0.360 e. The quantitative estimate of drug-likeness (QED) is 0.758. The number of carbonyl (C=O) groups is 1. The van der Waals surface area contributed by atoms with Crippen LogP contribution < -0.4 is 5.32 Å². The molecule has 0 saturated carbocycles. The van der Waals surface area contributed by atoms with E-state index in [0.29, 0.717) is 17.0 Å². The molecule has 1 amide bonds. The summed E-state index contributed by atoms with van der Waals surface area (Å²) < 4.78 is 5.13. The zero-order valence-electron chi connectivity index (χ0n) is 10.6. The predicted octanol–water partition coefficient (Wildman–Crippen LogP) is 2.02. The minimum atomic E-state index is -0.348. The Morgan fingerprint density at radius 2 is 2.10 bits per heavy atom. The number of benzene rings is 1. The van der Waals surface area contributed by atoms with Crippen LogP contribution in [0.3, 0.4) is 0 Å². The van der Waals surface area contributed by atoms with E-state index in [9.17, 15) is 4.79 Å². The molecule has 1 aromatic carbocycles. The summed E-state index contributed by atoms with van der Waals surface area (Å²) >= 11 is 0. The van der Waals surface area contributed by atoms with E-state index in [4.69, 9.17) is 4.52 Å². The number of hydrogen-bond donors (Lipinski definition) is 2. The average Bonchev–Trinajstić information content (AvgIpc) is 3.09. The number of aryl methyl sites for hydroxylation is 1. The van der Waals surface area contributed by atoms with E-state index in [1.54, 1.807) is 6.92 Å². The van der Waals surface area contributed by atoms with Crippen LogP contribution in [0.2, 0.25) is 0 Å². The molecule has 2 aromatic heterocycles. The number of hydrogen-bond acceptors (Lipinski definition) is 5. The van der Waals surface area contributed by atoms with Gasteiger partial charge in [0, 0.05) is 5.56 Å². The molecule has 7 nitrogen and oxygen atoms in total. The molecule has 3 rings (SSSR count). The zero-order valence-corrected chi connectivity index (χ0v) is 10.6. The van der Waals surface area contributed by atoms with Crippen molar-refractivity contribution in [2.24, 2.45) is 0 Å². The highest BCUT2D eigenvalue weighted by Crippen LogP contribution is 2.25. The van der Waals surface area contributed by atoms with Gasteiger partial charge in [0.1, 0.15) is 23.3 Å². The van der Waals surface area contributed by atoms with Gasteiger partial charge in [-0.15, -0.1) is 0 Å². The Balaban J connectivity index is 1.97. The van der Waals surface area contributed by atoms with Crippen molar-refractivity contribution in [3.63, 3.8) is 0 Å². The number of anilines is 1. The molecule has 0 unspecified atom stereocenters. The number of nitrogens with zero attached hydrogens (tertiary/aromatic N) is 3.